The van der Waals surface area contributed by atoms with Crippen molar-refractivity contribution in [2.75, 3.05) is 6.61 Å². The average Bonchev–Trinajstić information content (AvgIpc) is 2.25. The van der Waals surface area contributed by atoms with E-state index < -0.39 is 0 Å². The van der Waals surface area contributed by atoms with Gasteiger partial charge in [0.15, 0.2) is 0 Å². The summed E-state index contributed by atoms with van der Waals surface area (Å²) < 4.78 is 5.58. The lowest BCUT2D eigenvalue weighted by Crippen LogP contribution is -2.13. The summed E-state index contributed by atoms with van der Waals surface area (Å²) in [4.78, 5) is 0. The summed E-state index contributed by atoms with van der Waals surface area (Å²) in [5.74, 6) is 0.766. The second-order valence-electron chi connectivity index (χ2n) is 3.47. The van der Waals surface area contributed by atoms with Crippen molar-refractivity contribution in [3.05, 3.63) is 29.8 Å². The first-order valence-electron chi connectivity index (χ1n) is 5.32. The summed E-state index contributed by atoms with van der Waals surface area (Å²) in [6, 6.07) is 7.40. The molecule has 3 N–H and O–H groups in total. The maximum atomic E-state index is 7.39. The number of ether oxygens (including phenoxy) is 1. The number of hydrogen-bond donors (Lipinski definition) is 2. The molecule has 0 aromatic heterocycles. The van der Waals surface area contributed by atoms with Gasteiger partial charge in [0, 0.05) is 0 Å². The fourth-order valence-electron chi connectivity index (χ4n) is 1.35. The quantitative estimate of drug-likeness (QED) is 0.458. The fourth-order valence-corrected chi connectivity index (χ4v) is 1.35. The molecule has 3 nitrogen and oxygen atoms in total. The molecule has 1 aromatic carbocycles. The van der Waals surface area contributed by atoms with Crippen molar-refractivity contribution in [3.8, 4) is 5.75 Å². The molecule has 1 aromatic rings. The normalized spacial score (nSPS) is 9.31. The molecular formula is C12H19ClN2O. The first kappa shape index (κ1) is 14.8. The van der Waals surface area contributed by atoms with Crippen LogP contribution in [0.5, 0.6) is 5.75 Å². The first-order chi connectivity index (χ1) is 7.25. The van der Waals surface area contributed by atoms with E-state index in [1.807, 2.05) is 18.2 Å². The highest BCUT2D eigenvalue weighted by Gasteiger charge is 2.04. The third kappa shape index (κ3) is 4.53. The molecule has 0 bridgehead atoms. The predicted molar refractivity (Wildman–Crippen MR) is 69.7 cm³/mol. The van der Waals surface area contributed by atoms with Gasteiger partial charge in [0.2, 0.25) is 0 Å². The Balaban J connectivity index is 0.00000225. The number of nitrogen functional groups attached to an aromatic ring is 1. The third-order valence-electron chi connectivity index (χ3n) is 2.18. The van der Waals surface area contributed by atoms with Crippen LogP contribution in [0.25, 0.3) is 0 Å². The topological polar surface area (TPSA) is 59.1 Å². The molecule has 0 saturated carbocycles. The van der Waals surface area contributed by atoms with E-state index in [0.717, 1.165) is 6.42 Å². The van der Waals surface area contributed by atoms with Gasteiger partial charge in [-0.25, -0.2) is 0 Å². The Morgan fingerprint density at radius 1 is 1.31 bits per heavy atom. The molecule has 0 amide bonds. The molecule has 0 aliphatic carbocycles. The summed E-state index contributed by atoms with van der Waals surface area (Å²) in [5, 5.41) is 7.39. The molecule has 0 unspecified atom stereocenters. The summed E-state index contributed by atoms with van der Waals surface area (Å²) in [6.07, 6.45) is 3.39. The molecule has 90 valence electrons. The number of rotatable bonds is 6. The van der Waals surface area contributed by atoms with Crippen LogP contribution in [0.15, 0.2) is 24.3 Å². The number of para-hydroxylation sites is 1. The van der Waals surface area contributed by atoms with Crippen LogP contribution in [0.4, 0.5) is 0 Å². The number of nitrogens with one attached hydrogen (secondary N) is 1. The molecule has 0 radical (unpaired) electrons. The number of hydrogen-bond acceptors (Lipinski definition) is 2. The van der Waals surface area contributed by atoms with Crippen LogP contribution in [0.1, 0.15) is 31.7 Å². The zero-order chi connectivity index (χ0) is 11.1. The number of benzene rings is 1. The zero-order valence-corrected chi connectivity index (χ0v) is 10.3. The van der Waals surface area contributed by atoms with Crippen molar-refractivity contribution in [1.29, 1.82) is 5.41 Å². The molecule has 0 aliphatic heterocycles. The summed E-state index contributed by atoms with van der Waals surface area (Å²) >= 11 is 0. The minimum atomic E-state index is 0. The average molecular weight is 243 g/mol. The lowest BCUT2D eigenvalue weighted by atomic mass is 10.2. The Kier molecular flexibility index (Phi) is 7.38. The second-order valence-corrected chi connectivity index (χ2v) is 3.47. The maximum Gasteiger partial charge on any atom is 0.130 e. The van der Waals surface area contributed by atoms with Crippen molar-refractivity contribution in [3.63, 3.8) is 0 Å². The molecule has 0 spiro atoms. The van der Waals surface area contributed by atoms with Gasteiger partial charge in [-0.2, -0.15) is 0 Å². The van der Waals surface area contributed by atoms with Crippen molar-refractivity contribution < 1.29 is 4.74 Å². The lowest BCUT2D eigenvalue weighted by molar-refractivity contribution is 0.305. The van der Waals surface area contributed by atoms with Crippen LogP contribution >= 0.6 is 12.4 Å². The monoisotopic (exact) mass is 242 g/mol. The largest absolute Gasteiger partial charge is 0.493 e. The minimum Gasteiger partial charge on any atom is -0.493 e. The lowest BCUT2D eigenvalue weighted by Gasteiger charge is -2.09. The van der Waals surface area contributed by atoms with Gasteiger partial charge in [-0.05, 0) is 18.6 Å². The van der Waals surface area contributed by atoms with Gasteiger partial charge < -0.3 is 10.5 Å². The molecule has 0 saturated heterocycles. The van der Waals surface area contributed by atoms with E-state index in [9.17, 15) is 0 Å². The third-order valence-corrected chi connectivity index (χ3v) is 2.18. The van der Waals surface area contributed by atoms with Crippen LogP contribution in [0.3, 0.4) is 0 Å². The van der Waals surface area contributed by atoms with Crippen molar-refractivity contribution >= 4 is 18.2 Å². The Hall–Kier alpha value is -1.22. The van der Waals surface area contributed by atoms with Crippen LogP contribution in [0, 0.1) is 5.41 Å². The van der Waals surface area contributed by atoms with Crippen molar-refractivity contribution in [2.24, 2.45) is 5.73 Å². The van der Waals surface area contributed by atoms with Gasteiger partial charge in [-0.1, -0.05) is 31.9 Å². The van der Waals surface area contributed by atoms with Gasteiger partial charge >= 0.3 is 0 Å². The summed E-state index contributed by atoms with van der Waals surface area (Å²) in [7, 11) is 0. The van der Waals surface area contributed by atoms with E-state index in [1.165, 1.54) is 12.8 Å². The second kappa shape index (κ2) is 7.99. The van der Waals surface area contributed by atoms with E-state index in [0.29, 0.717) is 17.9 Å². The molecular weight excluding hydrogens is 224 g/mol. The van der Waals surface area contributed by atoms with E-state index in [1.54, 1.807) is 6.07 Å². The fraction of sp³-hybridized carbons (Fsp3) is 0.417. The number of amidine groups is 1. The summed E-state index contributed by atoms with van der Waals surface area (Å²) in [6.45, 7) is 2.85. The van der Waals surface area contributed by atoms with Crippen molar-refractivity contribution in [2.45, 2.75) is 26.2 Å². The predicted octanol–water partition coefficient (Wildman–Crippen LogP) is 2.96. The smallest absolute Gasteiger partial charge is 0.130 e. The van der Waals surface area contributed by atoms with Gasteiger partial charge in [-0.15, -0.1) is 12.4 Å². The molecule has 0 aliphatic rings. The summed E-state index contributed by atoms with van der Waals surface area (Å²) in [5.41, 5.74) is 6.12. The Labute approximate surface area is 103 Å². The number of unbranched alkanes of at least 4 members (excludes halogenated alkanes) is 2. The maximum absolute atomic E-state index is 7.39. The molecule has 0 fully saturated rings. The number of halogens is 1. The van der Waals surface area contributed by atoms with Gasteiger partial charge in [-0.3, -0.25) is 5.41 Å². The molecule has 0 heterocycles. The number of nitrogens with two attached hydrogens (primary N) is 1. The molecule has 0 atom stereocenters. The molecule has 1 rings (SSSR count). The Morgan fingerprint density at radius 2 is 2.00 bits per heavy atom. The van der Waals surface area contributed by atoms with E-state index >= 15 is 0 Å². The standard InChI is InChI=1S/C12H18N2O.ClH/c1-2-3-6-9-15-11-8-5-4-7-10(11)12(13)14;/h4-5,7-8H,2-3,6,9H2,1H3,(H3,13,14);1H. The van der Waals surface area contributed by atoms with E-state index in [4.69, 9.17) is 15.9 Å². The van der Waals surface area contributed by atoms with E-state index in [2.05, 4.69) is 6.92 Å². The highest BCUT2D eigenvalue weighted by atomic mass is 35.5. The zero-order valence-electron chi connectivity index (χ0n) is 9.53. The van der Waals surface area contributed by atoms with Crippen LogP contribution < -0.4 is 10.5 Å². The van der Waals surface area contributed by atoms with Gasteiger partial charge in [0.1, 0.15) is 11.6 Å². The first-order valence-corrected chi connectivity index (χ1v) is 5.32. The SMILES string of the molecule is CCCCCOc1ccccc1C(=N)N.Cl. The van der Waals surface area contributed by atoms with Gasteiger partial charge in [0.25, 0.3) is 0 Å². The molecule has 16 heavy (non-hydrogen) atoms. The van der Waals surface area contributed by atoms with E-state index in [-0.39, 0.29) is 18.2 Å². The Morgan fingerprint density at radius 3 is 2.62 bits per heavy atom. The highest BCUT2D eigenvalue weighted by molar-refractivity contribution is 5.97. The van der Waals surface area contributed by atoms with Crippen LogP contribution in [-0.2, 0) is 0 Å². The van der Waals surface area contributed by atoms with Crippen molar-refractivity contribution in [1.82, 2.24) is 0 Å². The Bertz CT molecular complexity index is 329. The van der Waals surface area contributed by atoms with Gasteiger partial charge in [0.05, 0.1) is 12.2 Å². The van der Waals surface area contributed by atoms with Crippen LogP contribution in [0.2, 0.25) is 0 Å². The van der Waals surface area contributed by atoms with Crippen LogP contribution in [-0.4, -0.2) is 12.4 Å². The molecule has 4 heteroatoms. The minimum absolute atomic E-state index is 0. The highest BCUT2D eigenvalue weighted by Crippen LogP contribution is 2.17.